The molecule has 0 aliphatic heterocycles. The Kier molecular flexibility index (Phi) is 7.78. The first-order valence-electron chi connectivity index (χ1n) is 14.2. The lowest BCUT2D eigenvalue weighted by molar-refractivity contribution is 0.313. The molecule has 39 heavy (non-hydrogen) atoms. The molecule has 0 saturated heterocycles. The van der Waals surface area contributed by atoms with Crippen LogP contribution in [0.3, 0.4) is 0 Å². The minimum absolute atomic E-state index is 0.475. The zero-order valence-electron chi connectivity index (χ0n) is 22.4. The number of fused-ring (bicyclic) bond motifs is 2. The summed E-state index contributed by atoms with van der Waals surface area (Å²) >= 11 is 0. The van der Waals surface area contributed by atoms with Gasteiger partial charge >= 0.3 is 0 Å². The van der Waals surface area contributed by atoms with Crippen LogP contribution in [0.25, 0.3) is 12.2 Å². The van der Waals surface area contributed by atoms with Crippen LogP contribution in [0, 0.1) is 0 Å². The largest absolute Gasteiger partial charge is 0.494 e. The lowest BCUT2D eigenvalue weighted by atomic mass is 10.1. The Morgan fingerprint density at radius 3 is 1.36 bits per heavy atom. The van der Waals surface area contributed by atoms with Crippen molar-refractivity contribution in [1.82, 2.24) is 0 Å². The highest BCUT2D eigenvalue weighted by molar-refractivity contribution is 6.83. The molecular formula is C36H36O2Si. The Hall–Kier alpha value is -3.82. The van der Waals surface area contributed by atoms with Crippen molar-refractivity contribution in [2.75, 3.05) is 13.2 Å². The maximum atomic E-state index is 6.21. The molecule has 4 aromatic rings. The van der Waals surface area contributed by atoms with Crippen molar-refractivity contribution in [3.8, 4) is 11.5 Å². The smallest absolute Gasteiger partial charge is 0.119 e. The molecule has 0 saturated carbocycles. The van der Waals surface area contributed by atoms with E-state index in [0.717, 1.165) is 37.6 Å². The fourth-order valence-electron chi connectivity index (χ4n) is 6.66. The molecular weight excluding hydrogens is 492 g/mol. The molecule has 0 fully saturated rings. The van der Waals surface area contributed by atoms with Gasteiger partial charge in [0.2, 0.25) is 0 Å². The fourth-order valence-corrected chi connectivity index (χ4v) is 12.9. The molecule has 0 bridgehead atoms. The van der Waals surface area contributed by atoms with Crippen LogP contribution in [0.5, 0.6) is 11.5 Å². The van der Waals surface area contributed by atoms with Gasteiger partial charge in [0.25, 0.3) is 0 Å². The minimum Gasteiger partial charge on any atom is -0.494 e. The van der Waals surface area contributed by atoms with Gasteiger partial charge in [0, 0.05) is 0 Å². The maximum absolute atomic E-state index is 6.21. The van der Waals surface area contributed by atoms with Crippen molar-refractivity contribution in [3.05, 3.63) is 144 Å². The van der Waals surface area contributed by atoms with Crippen LogP contribution in [0.1, 0.15) is 46.2 Å². The first-order chi connectivity index (χ1) is 19.3. The maximum Gasteiger partial charge on any atom is 0.119 e. The normalized spacial score (nSPS) is 17.1. The first kappa shape index (κ1) is 25.5. The monoisotopic (exact) mass is 528 g/mol. The van der Waals surface area contributed by atoms with E-state index in [-0.39, 0.29) is 0 Å². The third-order valence-electron chi connectivity index (χ3n) is 8.43. The number of benzene rings is 4. The fraction of sp³-hybridized carbons (Fsp3) is 0.222. The van der Waals surface area contributed by atoms with Gasteiger partial charge in [0.1, 0.15) is 11.5 Å². The molecule has 0 spiro atoms. The molecule has 0 radical (unpaired) electrons. The van der Waals surface area contributed by atoms with Crippen molar-refractivity contribution in [1.29, 1.82) is 0 Å². The van der Waals surface area contributed by atoms with Gasteiger partial charge in [-0.15, -0.1) is 0 Å². The molecule has 2 unspecified atom stereocenters. The van der Waals surface area contributed by atoms with Crippen molar-refractivity contribution >= 4 is 20.2 Å². The van der Waals surface area contributed by atoms with E-state index >= 15 is 0 Å². The second-order valence-corrected chi connectivity index (χ2v) is 15.4. The second kappa shape index (κ2) is 11.9. The summed E-state index contributed by atoms with van der Waals surface area (Å²) in [6.45, 7) is 1.49. The average Bonchev–Trinajstić information content (AvgIpc) is 3.63. The quantitative estimate of drug-likeness (QED) is 0.135. The van der Waals surface area contributed by atoms with E-state index in [1.807, 2.05) is 36.4 Å². The van der Waals surface area contributed by atoms with Crippen LogP contribution < -0.4 is 9.47 Å². The number of para-hydroxylation sites is 2. The van der Waals surface area contributed by atoms with Crippen molar-refractivity contribution in [2.45, 2.75) is 36.0 Å². The van der Waals surface area contributed by atoms with Crippen molar-refractivity contribution in [2.24, 2.45) is 0 Å². The van der Waals surface area contributed by atoms with Gasteiger partial charge in [-0.1, -0.05) is 121 Å². The number of rotatable bonds is 12. The van der Waals surface area contributed by atoms with Crippen molar-refractivity contribution in [3.63, 3.8) is 0 Å². The van der Waals surface area contributed by atoms with Gasteiger partial charge in [-0.2, -0.15) is 0 Å². The molecule has 3 heteroatoms. The standard InChI is InChI=1S/C36H36O2Si/c1-3-15-31(16-4-1)37-25-11-27-39(28-12-26-38-32-17-5-2-6-18-32,35-23-21-29-13-7-9-19-33(29)35)36-24-22-30-14-8-10-20-34(30)36/h1-10,13-24,35-36H,11-12,25-28H2. The average molecular weight is 529 g/mol. The molecule has 2 aliphatic carbocycles. The first-order valence-corrected chi connectivity index (χ1v) is 16.8. The molecule has 2 aliphatic rings. The summed E-state index contributed by atoms with van der Waals surface area (Å²) in [5.74, 6) is 1.91. The molecule has 0 amide bonds. The van der Waals surface area contributed by atoms with Crippen LogP contribution >= 0.6 is 0 Å². The predicted molar refractivity (Wildman–Crippen MR) is 165 cm³/mol. The second-order valence-electron chi connectivity index (χ2n) is 10.7. The van der Waals surface area contributed by atoms with Crippen LogP contribution in [-0.4, -0.2) is 21.3 Å². The van der Waals surface area contributed by atoms with E-state index < -0.39 is 8.07 Å². The molecule has 0 N–H and O–H groups in total. The van der Waals surface area contributed by atoms with Gasteiger partial charge in [-0.05, 0) is 70.4 Å². The predicted octanol–water partition coefficient (Wildman–Crippen LogP) is 9.07. The molecule has 2 nitrogen and oxygen atoms in total. The van der Waals surface area contributed by atoms with Gasteiger partial charge in [0.05, 0.1) is 21.3 Å². The lowest BCUT2D eigenvalue weighted by Gasteiger charge is -2.42. The molecule has 2 atom stereocenters. The summed E-state index contributed by atoms with van der Waals surface area (Å²) in [6.07, 6.45) is 11.9. The summed E-state index contributed by atoms with van der Waals surface area (Å²) in [5.41, 5.74) is 6.74. The molecule has 4 aromatic carbocycles. The summed E-state index contributed by atoms with van der Waals surface area (Å²) in [6, 6.07) is 40.9. The van der Waals surface area contributed by atoms with E-state index in [4.69, 9.17) is 9.47 Å². The Bertz CT molecular complexity index is 1320. The summed E-state index contributed by atoms with van der Waals surface area (Å²) in [7, 11) is -2.04. The molecule has 0 aromatic heterocycles. The van der Waals surface area contributed by atoms with Crippen LogP contribution in [0.2, 0.25) is 12.1 Å². The third kappa shape index (κ3) is 5.50. The third-order valence-corrected chi connectivity index (χ3v) is 14.5. The summed E-state index contributed by atoms with van der Waals surface area (Å²) < 4.78 is 12.4. The van der Waals surface area contributed by atoms with E-state index in [1.165, 1.54) is 34.3 Å². The van der Waals surface area contributed by atoms with E-state index in [1.54, 1.807) is 0 Å². The zero-order valence-corrected chi connectivity index (χ0v) is 23.4. The van der Waals surface area contributed by atoms with Gasteiger partial charge < -0.3 is 9.47 Å². The molecule has 196 valence electrons. The van der Waals surface area contributed by atoms with Crippen LogP contribution in [-0.2, 0) is 0 Å². The number of hydrogen-bond donors (Lipinski definition) is 0. The Morgan fingerprint density at radius 2 is 0.897 bits per heavy atom. The van der Waals surface area contributed by atoms with Crippen LogP contribution in [0.15, 0.2) is 121 Å². The van der Waals surface area contributed by atoms with E-state index in [2.05, 4.69) is 97.1 Å². The summed E-state index contributed by atoms with van der Waals surface area (Å²) in [5, 5.41) is 0. The van der Waals surface area contributed by atoms with Crippen molar-refractivity contribution < 1.29 is 9.47 Å². The molecule has 6 rings (SSSR count). The topological polar surface area (TPSA) is 18.5 Å². The summed E-state index contributed by atoms with van der Waals surface area (Å²) in [4.78, 5) is 0. The zero-order chi connectivity index (χ0) is 26.3. The van der Waals surface area contributed by atoms with Gasteiger partial charge in [-0.25, -0.2) is 0 Å². The molecule has 0 heterocycles. The van der Waals surface area contributed by atoms with Gasteiger partial charge in [-0.3, -0.25) is 0 Å². The SMILES string of the molecule is C1=CC([Si](CCCOc2ccccc2)(CCCOc2ccccc2)C2C=Cc3ccccc32)c2ccccc21. The lowest BCUT2D eigenvalue weighted by Crippen LogP contribution is -2.47. The Labute approximate surface area is 233 Å². The number of allylic oxidation sites excluding steroid dienone is 2. The highest BCUT2D eigenvalue weighted by Gasteiger charge is 2.48. The van der Waals surface area contributed by atoms with Gasteiger partial charge in [0.15, 0.2) is 0 Å². The minimum atomic E-state index is -2.04. The van der Waals surface area contributed by atoms with E-state index in [0.29, 0.717) is 11.1 Å². The highest BCUT2D eigenvalue weighted by atomic mass is 28.3. The number of ether oxygens (including phenoxy) is 2. The van der Waals surface area contributed by atoms with Crippen LogP contribution in [0.4, 0.5) is 0 Å². The highest BCUT2D eigenvalue weighted by Crippen LogP contribution is 2.51. The number of hydrogen-bond acceptors (Lipinski definition) is 2. The Morgan fingerprint density at radius 1 is 0.487 bits per heavy atom. The van der Waals surface area contributed by atoms with E-state index in [9.17, 15) is 0 Å². The Balaban J connectivity index is 1.30.